The molecule has 0 spiro atoms. The van der Waals surface area contributed by atoms with E-state index in [-0.39, 0.29) is 12.3 Å². The molecule has 1 heterocycles. The van der Waals surface area contributed by atoms with Crippen LogP contribution < -0.4 is 10.6 Å². The van der Waals surface area contributed by atoms with Gasteiger partial charge in [-0.2, -0.15) is 0 Å². The van der Waals surface area contributed by atoms with Gasteiger partial charge in [0.2, 0.25) is 5.91 Å². The third-order valence-corrected chi connectivity index (χ3v) is 5.30. The highest BCUT2D eigenvalue weighted by molar-refractivity contribution is 6.13. The third-order valence-electron chi connectivity index (χ3n) is 5.30. The molecule has 0 unspecified atom stereocenters. The molecule has 6 nitrogen and oxygen atoms in total. The second kappa shape index (κ2) is 5.78. The molecule has 26 heavy (non-hydrogen) atoms. The topological polar surface area (TPSA) is 101 Å². The summed E-state index contributed by atoms with van der Waals surface area (Å²) in [6.07, 6.45) is 0.955. The second-order valence-corrected chi connectivity index (χ2v) is 6.75. The number of rotatable bonds is 3. The van der Waals surface area contributed by atoms with Crippen LogP contribution >= 0.6 is 0 Å². The highest BCUT2D eigenvalue weighted by atomic mass is 16.3. The van der Waals surface area contributed by atoms with Crippen molar-refractivity contribution < 1.29 is 19.5 Å². The van der Waals surface area contributed by atoms with Crippen LogP contribution in [0.1, 0.15) is 27.9 Å². The third kappa shape index (κ3) is 2.19. The number of fused-ring (bicyclic) bond motifs is 2. The van der Waals surface area contributed by atoms with Crippen molar-refractivity contribution in [2.75, 3.05) is 11.4 Å². The van der Waals surface area contributed by atoms with Crippen molar-refractivity contribution >= 4 is 23.3 Å². The first-order valence-corrected chi connectivity index (χ1v) is 8.49. The Labute approximate surface area is 150 Å². The number of carbonyl (C=O) groups excluding carboxylic acids is 3. The average molecular weight is 350 g/mol. The Hall–Kier alpha value is -2.99. The number of para-hydroxylation sites is 1. The summed E-state index contributed by atoms with van der Waals surface area (Å²) in [6, 6.07) is 13.9. The van der Waals surface area contributed by atoms with Crippen molar-refractivity contribution in [2.45, 2.75) is 18.4 Å². The Kier molecular flexibility index (Phi) is 3.66. The quantitative estimate of drug-likeness (QED) is 0.867. The van der Waals surface area contributed by atoms with Crippen LogP contribution in [0.15, 0.2) is 48.5 Å². The van der Waals surface area contributed by atoms with Crippen LogP contribution in [0, 0.1) is 5.92 Å². The van der Waals surface area contributed by atoms with Gasteiger partial charge < -0.3 is 10.8 Å². The molecule has 1 aliphatic heterocycles. The zero-order valence-electron chi connectivity index (χ0n) is 14.0. The molecule has 2 amide bonds. The summed E-state index contributed by atoms with van der Waals surface area (Å²) < 4.78 is 0. The summed E-state index contributed by atoms with van der Waals surface area (Å²) in [5.41, 5.74) is 5.51. The maximum atomic E-state index is 13.1. The van der Waals surface area contributed by atoms with E-state index < -0.39 is 23.3 Å². The summed E-state index contributed by atoms with van der Waals surface area (Å²) in [5, 5.41) is 11.5. The van der Waals surface area contributed by atoms with Crippen molar-refractivity contribution in [3.8, 4) is 0 Å². The lowest BCUT2D eigenvalue weighted by molar-refractivity contribution is -0.141. The second-order valence-electron chi connectivity index (χ2n) is 6.75. The molecule has 3 N–H and O–H groups in total. The monoisotopic (exact) mass is 350 g/mol. The van der Waals surface area contributed by atoms with Gasteiger partial charge >= 0.3 is 0 Å². The molecule has 132 valence electrons. The molecule has 2 aliphatic rings. The largest absolute Gasteiger partial charge is 0.375 e. The summed E-state index contributed by atoms with van der Waals surface area (Å²) in [6.45, 7) is -0.338. The van der Waals surface area contributed by atoms with E-state index in [1.807, 2.05) is 12.1 Å². The SMILES string of the molecule is NC(=O)CN1C(=O)[C@@](O)([C@@H]2CCc3ccccc3C2=O)c2ccccc21. The van der Waals surface area contributed by atoms with Crippen LogP contribution in [-0.2, 0) is 21.6 Å². The maximum Gasteiger partial charge on any atom is 0.264 e. The van der Waals surface area contributed by atoms with Crippen LogP contribution in [-0.4, -0.2) is 29.2 Å². The molecule has 0 radical (unpaired) electrons. The predicted octanol–water partition coefficient (Wildman–Crippen LogP) is 1.15. The van der Waals surface area contributed by atoms with Crippen molar-refractivity contribution in [3.05, 3.63) is 65.2 Å². The first kappa shape index (κ1) is 16.5. The number of aliphatic hydroxyl groups is 1. The molecule has 0 bridgehead atoms. The van der Waals surface area contributed by atoms with Crippen LogP contribution in [0.25, 0.3) is 0 Å². The number of ketones is 1. The molecule has 0 fully saturated rings. The lowest BCUT2D eigenvalue weighted by atomic mass is 9.71. The van der Waals surface area contributed by atoms with E-state index in [2.05, 4.69) is 0 Å². The first-order chi connectivity index (χ1) is 12.4. The number of amides is 2. The normalized spacial score (nSPS) is 24.3. The number of carbonyl (C=O) groups is 3. The van der Waals surface area contributed by atoms with Gasteiger partial charge in [-0.25, -0.2) is 0 Å². The Balaban J connectivity index is 1.82. The van der Waals surface area contributed by atoms with Gasteiger partial charge in [-0.15, -0.1) is 0 Å². The fourth-order valence-corrected chi connectivity index (χ4v) is 4.11. The lowest BCUT2D eigenvalue weighted by Gasteiger charge is -2.34. The smallest absolute Gasteiger partial charge is 0.264 e. The number of nitrogens with two attached hydrogens (primary N) is 1. The molecule has 0 saturated heterocycles. The maximum absolute atomic E-state index is 13.1. The highest BCUT2D eigenvalue weighted by Crippen LogP contribution is 2.48. The fraction of sp³-hybridized carbons (Fsp3) is 0.250. The number of nitrogens with zero attached hydrogens (tertiary/aromatic N) is 1. The van der Waals surface area contributed by atoms with E-state index in [1.54, 1.807) is 36.4 Å². The molecule has 0 aromatic heterocycles. The number of aryl methyl sites for hydroxylation is 1. The van der Waals surface area contributed by atoms with E-state index in [9.17, 15) is 19.5 Å². The van der Waals surface area contributed by atoms with E-state index in [0.717, 1.165) is 5.56 Å². The van der Waals surface area contributed by atoms with Crippen molar-refractivity contribution in [3.63, 3.8) is 0 Å². The number of primary amides is 1. The zero-order chi connectivity index (χ0) is 18.5. The van der Waals surface area contributed by atoms with Gasteiger partial charge in [-0.1, -0.05) is 42.5 Å². The van der Waals surface area contributed by atoms with Gasteiger partial charge in [0.25, 0.3) is 5.91 Å². The Morgan fingerprint density at radius 2 is 1.85 bits per heavy atom. The number of hydrogen-bond donors (Lipinski definition) is 2. The number of hydrogen-bond acceptors (Lipinski definition) is 4. The predicted molar refractivity (Wildman–Crippen MR) is 94.5 cm³/mol. The zero-order valence-corrected chi connectivity index (χ0v) is 14.0. The van der Waals surface area contributed by atoms with Crippen LogP contribution in [0.3, 0.4) is 0 Å². The van der Waals surface area contributed by atoms with Gasteiger partial charge in [0.1, 0.15) is 6.54 Å². The van der Waals surface area contributed by atoms with Crippen molar-refractivity contribution in [1.29, 1.82) is 0 Å². The fourth-order valence-electron chi connectivity index (χ4n) is 4.11. The molecule has 1 aliphatic carbocycles. The van der Waals surface area contributed by atoms with Gasteiger partial charge in [0, 0.05) is 11.1 Å². The highest BCUT2D eigenvalue weighted by Gasteiger charge is 2.57. The van der Waals surface area contributed by atoms with Crippen molar-refractivity contribution in [2.24, 2.45) is 11.7 Å². The van der Waals surface area contributed by atoms with Gasteiger partial charge in [-0.05, 0) is 24.5 Å². The Morgan fingerprint density at radius 3 is 2.62 bits per heavy atom. The Bertz CT molecular complexity index is 939. The van der Waals surface area contributed by atoms with E-state index in [0.29, 0.717) is 29.7 Å². The minimum absolute atomic E-state index is 0.251. The van der Waals surface area contributed by atoms with Crippen LogP contribution in [0.4, 0.5) is 5.69 Å². The first-order valence-electron chi connectivity index (χ1n) is 8.49. The van der Waals surface area contributed by atoms with Gasteiger partial charge in [0.15, 0.2) is 11.4 Å². The average Bonchev–Trinajstić information content (AvgIpc) is 2.85. The number of Topliss-reactive ketones (excluding diaryl/α,β-unsaturated/α-hetero) is 1. The lowest BCUT2D eigenvalue weighted by Crippen LogP contribution is -2.51. The summed E-state index contributed by atoms with van der Waals surface area (Å²) in [4.78, 5) is 38.7. The molecular formula is C20H18N2O4. The molecule has 2 aromatic carbocycles. The van der Waals surface area contributed by atoms with E-state index in [1.165, 1.54) is 4.90 Å². The molecular weight excluding hydrogens is 332 g/mol. The molecule has 2 atom stereocenters. The van der Waals surface area contributed by atoms with Crippen molar-refractivity contribution in [1.82, 2.24) is 0 Å². The minimum atomic E-state index is -1.99. The molecule has 2 aromatic rings. The Morgan fingerprint density at radius 1 is 1.15 bits per heavy atom. The van der Waals surface area contributed by atoms with Gasteiger partial charge in [-0.3, -0.25) is 19.3 Å². The molecule has 4 rings (SSSR count). The minimum Gasteiger partial charge on any atom is -0.375 e. The summed E-state index contributed by atoms with van der Waals surface area (Å²) in [5.74, 6) is -2.50. The molecule has 6 heteroatoms. The van der Waals surface area contributed by atoms with Gasteiger partial charge in [0.05, 0.1) is 11.6 Å². The number of benzene rings is 2. The van der Waals surface area contributed by atoms with E-state index in [4.69, 9.17) is 5.73 Å². The van der Waals surface area contributed by atoms with Crippen LogP contribution in [0.5, 0.6) is 0 Å². The van der Waals surface area contributed by atoms with Crippen LogP contribution in [0.2, 0.25) is 0 Å². The number of anilines is 1. The summed E-state index contributed by atoms with van der Waals surface area (Å²) in [7, 11) is 0. The van der Waals surface area contributed by atoms with E-state index >= 15 is 0 Å². The standard InChI is InChI=1S/C20H18N2O4/c21-17(23)11-22-16-8-4-3-7-14(16)20(26,19(22)25)15-10-9-12-5-1-2-6-13(12)18(15)24/h1-8,15,26H,9-11H2,(H2,21,23)/t15-,20+/m1/s1. The molecule has 0 saturated carbocycles. The summed E-state index contributed by atoms with van der Waals surface area (Å²) >= 11 is 0.